The lowest BCUT2D eigenvalue weighted by Gasteiger charge is -2.26. The molecule has 0 bridgehead atoms. The number of benzene rings is 2. The fraction of sp³-hybridized carbons (Fsp3) is 0.154. The first-order valence-corrected chi connectivity index (χ1v) is 10.6. The zero-order valence-electron chi connectivity index (χ0n) is 18.3. The molecule has 2 aromatic heterocycles. The van der Waals surface area contributed by atoms with Gasteiger partial charge in [-0.05, 0) is 49.7 Å². The average Bonchev–Trinajstić information content (AvgIpc) is 3.25. The SMILES string of the molecule is Cc1cc2c(c(C(C)Nc3ccccc3)c1)OC(c1ccc(-c3cnn(C)c3)nc1)=CN2. The van der Waals surface area contributed by atoms with E-state index in [9.17, 15) is 0 Å². The van der Waals surface area contributed by atoms with Gasteiger partial charge < -0.3 is 15.4 Å². The Bertz CT molecular complexity index is 1280. The fourth-order valence-electron chi connectivity index (χ4n) is 3.89. The van der Waals surface area contributed by atoms with Crippen LogP contribution in [0.5, 0.6) is 5.75 Å². The number of pyridine rings is 1. The minimum Gasteiger partial charge on any atom is -0.453 e. The van der Waals surface area contributed by atoms with Gasteiger partial charge in [0.15, 0.2) is 11.5 Å². The molecular formula is C26H25N5O. The maximum Gasteiger partial charge on any atom is 0.156 e. The molecule has 3 heterocycles. The van der Waals surface area contributed by atoms with E-state index in [0.717, 1.165) is 45.3 Å². The van der Waals surface area contributed by atoms with Crippen molar-refractivity contribution in [3.8, 4) is 17.0 Å². The molecule has 2 N–H and O–H groups in total. The third-order valence-corrected chi connectivity index (χ3v) is 5.50. The predicted molar refractivity (Wildman–Crippen MR) is 128 cm³/mol. The normalized spacial score (nSPS) is 13.4. The number of ether oxygens (including phenoxy) is 1. The van der Waals surface area contributed by atoms with Crippen molar-refractivity contribution in [2.24, 2.45) is 7.05 Å². The summed E-state index contributed by atoms with van der Waals surface area (Å²) in [6.45, 7) is 4.24. The summed E-state index contributed by atoms with van der Waals surface area (Å²) in [5, 5.41) is 11.2. The minimum absolute atomic E-state index is 0.0679. The van der Waals surface area contributed by atoms with Crippen LogP contribution in [0.4, 0.5) is 11.4 Å². The van der Waals surface area contributed by atoms with E-state index in [1.807, 2.05) is 62.2 Å². The summed E-state index contributed by atoms with van der Waals surface area (Å²) in [4.78, 5) is 4.61. The maximum atomic E-state index is 6.41. The van der Waals surface area contributed by atoms with Gasteiger partial charge in [-0.2, -0.15) is 5.10 Å². The Hall–Kier alpha value is -4.06. The molecule has 0 aliphatic carbocycles. The number of nitrogens with zero attached hydrogens (tertiary/aromatic N) is 3. The molecule has 2 aromatic carbocycles. The van der Waals surface area contributed by atoms with Crippen molar-refractivity contribution in [3.63, 3.8) is 0 Å². The van der Waals surface area contributed by atoms with Gasteiger partial charge in [0.1, 0.15) is 0 Å². The van der Waals surface area contributed by atoms with Gasteiger partial charge in [-0.1, -0.05) is 24.3 Å². The Morgan fingerprint density at radius 2 is 1.88 bits per heavy atom. The van der Waals surface area contributed by atoms with Crippen LogP contribution >= 0.6 is 0 Å². The van der Waals surface area contributed by atoms with Crippen LogP contribution in [-0.2, 0) is 7.05 Å². The second-order valence-electron chi connectivity index (χ2n) is 8.05. The highest BCUT2D eigenvalue weighted by Gasteiger charge is 2.22. The predicted octanol–water partition coefficient (Wildman–Crippen LogP) is 5.77. The quantitative estimate of drug-likeness (QED) is 0.427. The molecule has 1 unspecified atom stereocenters. The van der Waals surface area contributed by atoms with E-state index in [2.05, 4.69) is 58.8 Å². The summed E-state index contributed by atoms with van der Waals surface area (Å²) in [7, 11) is 1.90. The number of aromatic nitrogens is 3. The van der Waals surface area contributed by atoms with E-state index in [1.54, 1.807) is 4.68 Å². The van der Waals surface area contributed by atoms with Crippen molar-refractivity contribution < 1.29 is 4.74 Å². The van der Waals surface area contributed by atoms with Crippen LogP contribution in [0.25, 0.3) is 17.0 Å². The number of nitrogens with one attached hydrogen (secondary N) is 2. The molecule has 0 saturated heterocycles. The Balaban J connectivity index is 1.41. The maximum absolute atomic E-state index is 6.41. The Morgan fingerprint density at radius 1 is 1.03 bits per heavy atom. The lowest BCUT2D eigenvalue weighted by atomic mass is 10.0. The minimum atomic E-state index is 0.0679. The Morgan fingerprint density at radius 3 is 2.59 bits per heavy atom. The molecule has 4 aromatic rings. The summed E-state index contributed by atoms with van der Waals surface area (Å²) >= 11 is 0. The second kappa shape index (κ2) is 8.23. The van der Waals surface area contributed by atoms with Gasteiger partial charge in [-0.3, -0.25) is 9.67 Å². The number of anilines is 2. The summed E-state index contributed by atoms with van der Waals surface area (Å²) in [5.41, 5.74) is 7.09. The first-order valence-electron chi connectivity index (χ1n) is 10.6. The molecule has 1 atom stereocenters. The number of fused-ring (bicyclic) bond motifs is 1. The first-order chi connectivity index (χ1) is 15.6. The lowest BCUT2D eigenvalue weighted by Crippen LogP contribution is -2.13. The molecule has 0 radical (unpaired) electrons. The Labute approximate surface area is 187 Å². The summed E-state index contributed by atoms with van der Waals surface area (Å²) < 4.78 is 8.19. The number of hydrogen-bond acceptors (Lipinski definition) is 5. The van der Waals surface area contributed by atoms with E-state index in [0.29, 0.717) is 0 Å². The summed E-state index contributed by atoms with van der Waals surface area (Å²) in [5.74, 6) is 1.57. The number of para-hydroxylation sites is 1. The van der Waals surface area contributed by atoms with Gasteiger partial charge in [0.05, 0.1) is 23.6 Å². The molecule has 1 aliphatic heterocycles. The van der Waals surface area contributed by atoms with Gasteiger partial charge in [0, 0.05) is 48.0 Å². The third-order valence-electron chi connectivity index (χ3n) is 5.50. The van der Waals surface area contributed by atoms with Gasteiger partial charge >= 0.3 is 0 Å². The van der Waals surface area contributed by atoms with Crippen molar-refractivity contribution in [1.82, 2.24) is 14.8 Å². The fourth-order valence-corrected chi connectivity index (χ4v) is 3.89. The molecule has 0 fully saturated rings. The van der Waals surface area contributed by atoms with E-state index in [1.165, 1.54) is 5.56 Å². The second-order valence-corrected chi connectivity index (χ2v) is 8.05. The van der Waals surface area contributed by atoms with E-state index >= 15 is 0 Å². The highest BCUT2D eigenvalue weighted by atomic mass is 16.5. The smallest absolute Gasteiger partial charge is 0.156 e. The number of rotatable bonds is 5. The molecule has 1 aliphatic rings. The van der Waals surface area contributed by atoms with E-state index in [-0.39, 0.29) is 6.04 Å². The van der Waals surface area contributed by atoms with Crippen LogP contribution in [0.1, 0.15) is 29.7 Å². The van der Waals surface area contributed by atoms with Gasteiger partial charge in [0.25, 0.3) is 0 Å². The van der Waals surface area contributed by atoms with E-state index in [4.69, 9.17) is 4.74 Å². The van der Waals surface area contributed by atoms with E-state index < -0.39 is 0 Å². The number of aryl methyl sites for hydroxylation is 2. The first kappa shape index (κ1) is 19.9. The molecular weight excluding hydrogens is 398 g/mol. The van der Waals surface area contributed by atoms with Crippen LogP contribution in [0.2, 0.25) is 0 Å². The molecule has 0 amide bonds. The summed E-state index contributed by atoms with van der Waals surface area (Å²) in [6.07, 6.45) is 7.49. The van der Waals surface area contributed by atoms with Gasteiger partial charge in [-0.15, -0.1) is 0 Å². The average molecular weight is 424 g/mol. The Kier molecular flexibility index (Phi) is 5.11. The summed E-state index contributed by atoms with van der Waals surface area (Å²) in [6, 6.07) is 18.6. The monoisotopic (exact) mass is 423 g/mol. The molecule has 160 valence electrons. The third kappa shape index (κ3) is 3.95. The van der Waals surface area contributed by atoms with Crippen LogP contribution in [-0.4, -0.2) is 14.8 Å². The lowest BCUT2D eigenvalue weighted by molar-refractivity contribution is 0.500. The highest BCUT2D eigenvalue weighted by Crippen LogP contribution is 2.40. The topological polar surface area (TPSA) is 64.0 Å². The van der Waals surface area contributed by atoms with Crippen molar-refractivity contribution in [1.29, 1.82) is 0 Å². The number of hydrogen-bond donors (Lipinski definition) is 2. The van der Waals surface area contributed by atoms with Crippen LogP contribution < -0.4 is 15.4 Å². The van der Waals surface area contributed by atoms with Crippen LogP contribution in [0.3, 0.4) is 0 Å². The van der Waals surface area contributed by atoms with Crippen LogP contribution in [0, 0.1) is 6.92 Å². The molecule has 6 heteroatoms. The van der Waals surface area contributed by atoms with Crippen molar-refractivity contribution >= 4 is 17.1 Å². The molecule has 32 heavy (non-hydrogen) atoms. The zero-order chi connectivity index (χ0) is 22.1. The van der Waals surface area contributed by atoms with Crippen molar-refractivity contribution in [3.05, 3.63) is 96.1 Å². The molecule has 6 nitrogen and oxygen atoms in total. The molecule has 5 rings (SSSR count). The van der Waals surface area contributed by atoms with Crippen LogP contribution in [0.15, 0.2) is 79.4 Å². The zero-order valence-corrected chi connectivity index (χ0v) is 18.3. The highest BCUT2D eigenvalue weighted by molar-refractivity contribution is 5.76. The van der Waals surface area contributed by atoms with Gasteiger partial charge in [0.2, 0.25) is 0 Å². The van der Waals surface area contributed by atoms with Crippen molar-refractivity contribution in [2.45, 2.75) is 19.9 Å². The van der Waals surface area contributed by atoms with Gasteiger partial charge in [-0.25, -0.2) is 0 Å². The standard InChI is InChI=1S/C26H25N5O/c1-17-11-22(18(2)30-21-7-5-4-6-8-21)26-24(12-17)28-15-25(32-26)19-9-10-23(27-13-19)20-14-29-31(3)16-20/h4-16,18,28,30H,1-3H3. The van der Waals surface area contributed by atoms with Crippen molar-refractivity contribution in [2.75, 3.05) is 10.6 Å². The largest absolute Gasteiger partial charge is 0.453 e. The molecule has 0 spiro atoms. The molecule has 0 saturated carbocycles.